The molecule has 1 N–H and O–H groups in total. The molecule has 0 bridgehead atoms. The van der Waals surface area contributed by atoms with Crippen LogP contribution in [0.3, 0.4) is 0 Å². The van der Waals surface area contributed by atoms with Crippen LogP contribution in [0.15, 0.2) is 46.9 Å². The van der Waals surface area contributed by atoms with Crippen LogP contribution in [-0.2, 0) is 0 Å². The maximum absolute atomic E-state index is 12.1. The number of aromatic hydroxyl groups is 1. The van der Waals surface area contributed by atoms with Crippen LogP contribution in [0, 0.1) is 11.3 Å². The van der Waals surface area contributed by atoms with Crippen LogP contribution in [0.2, 0.25) is 0 Å². The number of phenols is 1. The van der Waals surface area contributed by atoms with Crippen LogP contribution in [0.1, 0.15) is 21.5 Å². The molecule has 0 aliphatic rings. The Bertz CT molecular complexity index is 774. The van der Waals surface area contributed by atoms with Crippen LogP contribution in [0.4, 0.5) is 0 Å². The fraction of sp³-hybridized carbons (Fsp3) is 0.0588. The number of carbonyl (C=O) groups excluding carboxylic acids is 1. The lowest BCUT2D eigenvalue weighted by Gasteiger charge is -2.06. The Morgan fingerprint density at radius 1 is 1.32 bits per heavy atom. The third kappa shape index (κ3) is 3.54. The average molecular weight is 358 g/mol. The standard InChI is InChI=1S/C17H12BrNO3/c1-22-16-9-12(8-14(18)17(16)21)4-7-15(20)13-5-2-11(10-19)3-6-13/h2-9,21H,1H3. The van der Waals surface area contributed by atoms with Crippen molar-refractivity contribution in [1.29, 1.82) is 5.26 Å². The molecule has 0 aliphatic carbocycles. The van der Waals surface area contributed by atoms with Crippen molar-refractivity contribution >= 4 is 27.8 Å². The Balaban J connectivity index is 2.22. The number of nitriles is 1. The van der Waals surface area contributed by atoms with Crippen LogP contribution in [0.5, 0.6) is 11.5 Å². The molecule has 0 heterocycles. The molecule has 4 nitrogen and oxygen atoms in total. The summed E-state index contributed by atoms with van der Waals surface area (Å²) in [6, 6.07) is 11.7. The summed E-state index contributed by atoms with van der Waals surface area (Å²) in [7, 11) is 1.46. The van der Waals surface area contributed by atoms with E-state index in [1.54, 1.807) is 42.5 Å². The number of allylic oxidation sites excluding steroid dienone is 1. The van der Waals surface area contributed by atoms with Gasteiger partial charge in [-0.2, -0.15) is 5.26 Å². The highest BCUT2D eigenvalue weighted by atomic mass is 79.9. The Morgan fingerprint density at radius 2 is 2.00 bits per heavy atom. The summed E-state index contributed by atoms with van der Waals surface area (Å²) in [5, 5.41) is 18.5. The average Bonchev–Trinajstić information content (AvgIpc) is 2.55. The smallest absolute Gasteiger partial charge is 0.185 e. The zero-order valence-corrected chi connectivity index (χ0v) is 13.3. The van der Waals surface area contributed by atoms with Crippen LogP contribution in [-0.4, -0.2) is 18.0 Å². The fourth-order valence-electron chi connectivity index (χ4n) is 1.82. The van der Waals surface area contributed by atoms with Gasteiger partial charge in [-0.05, 0) is 64.0 Å². The number of carbonyl (C=O) groups is 1. The first-order valence-corrected chi connectivity index (χ1v) is 7.13. The molecule has 0 amide bonds. The quantitative estimate of drug-likeness (QED) is 0.664. The van der Waals surface area contributed by atoms with Gasteiger partial charge in [-0.3, -0.25) is 4.79 Å². The molecular formula is C17H12BrNO3. The monoisotopic (exact) mass is 357 g/mol. The highest BCUT2D eigenvalue weighted by molar-refractivity contribution is 9.10. The van der Waals surface area contributed by atoms with Crippen LogP contribution in [0.25, 0.3) is 6.08 Å². The summed E-state index contributed by atoms with van der Waals surface area (Å²) in [5.41, 5.74) is 1.72. The largest absolute Gasteiger partial charge is 0.503 e. The maximum atomic E-state index is 12.1. The topological polar surface area (TPSA) is 70.3 Å². The lowest BCUT2D eigenvalue weighted by molar-refractivity contribution is 0.104. The third-order valence-electron chi connectivity index (χ3n) is 3.00. The third-order valence-corrected chi connectivity index (χ3v) is 3.60. The molecule has 0 unspecified atom stereocenters. The minimum absolute atomic E-state index is 0.0121. The van der Waals surface area contributed by atoms with Gasteiger partial charge in [0.2, 0.25) is 0 Å². The van der Waals surface area contributed by atoms with Gasteiger partial charge in [0.25, 0.3) is 0 Å². The van der Waals surface area contributed by atoms with E-state index in [4.69, 9.17) is 10.00 Å². The number of hydrogen-bond acceptors (Lipinski definition) is 4. The summed E-state index contributed by atoms with van der Waals surface area (Å²) < 4.78 is 5.54. The lowest BCUT2D eigenvalue weighted by atomic mass is 10.1. The molecule has 0 saturated heterocycles. The number of benzene rings is 2. The Hall–Kier alpha value is -2.58. The zero-order chi connectivity index (χ0) is 16.1. The van der Waals surface area contributed by atoms with Gasteiger partial charge >= 0.3 is 0 Å². The molecule has 0 aromatic heterocycles. The van der Waals surface area contributed by atoms with E-state index in [1.165, 1.54) is 13.2 Å². The van der Waals surface area contributed by atoms with E-state index < -0.39 is 0 Å². The Kier molecular flexibility index (Phi) is 4.97. The zero-order valence-electron chi connectivity index (χ0n) is 11.7. The van der Waals surface area contributed by atoms with Gasteiger partial charge < -0.3 is 9.84 Å². The van der Waals surface area contributed by atoms with Gasteiger partial charge in [0, 0.05) is 5.56 Å². The Labute approximate surface area is 136 Å². The van der Waals surface area contributed by atoms with E-state index in [9.17, 15) is 9.90 Å². The first kappa shape index (κ1) is 15.8. The van der Waals surface area contributed by atoms with Crippen molar-refractivity contribution in [1.82, 2.24) is 0 Å². The van der Waals surface area contributed by atoms with Gasteiger partial charge in [0.05, 0.1) is 23.2 Å². The van der Waals surface area contributed by atoms with Crippen molar-refractivity contribution in [3.8, 4) is 17.6 Å². The molecule has 0 radical (unpaired) electrons. The normalized spacial score (nSPS) is 10.4. The van der Waals surface area contributed by atoms with Crippen molar-refractivity contribution in [3.63, 3.8) is 0 Å². The molecule has 22 heavy (non-hydrogen) atoms. The van der Waals surface area contributed by atoms with Crippen molar-refractivity contribution in [2.75, 3.05) is 7.11 Å². The van der Waals surface area contributed by atoms with Crippen molar-refractivity contribution in [3.05, 3.63) is 63.6 Å². The first-order valence-electron chi connectivity index (χ1n) is 6.34. The second-order valence-corrected chi connectivity index (χ2v) is 5.29. The molecule has 2 aromatic carbocycles. The highest BCUT2D eigenvalue weighted by Gasteiger charge is 2.08. The minimum Gasteiger partial charge on any atom is -0.503 e. The number of rotatable bonds is 4. The summed E-state index contributed by atoms with van der Waals surface area (Å²) in [6.45, 7) is 0. The highest BCUT2D eigenvalue weighted by Crippen LogP contribution is 2.35. The van der Waals surface area contributed by atoms with E-state index in [-0.39, 0.29) is 11.5 Å². The molecular weight excluding hydrogens is 346 g/mol. The van der Waals surface area contributed by atoms with Gasteiger partial charge in [-0.15, -0.1) is 0 Å². The van der Waals surface area contributed by atoms with E-state index in [0.29, 0.717) is 26.9 Å². The second kappa shape index (κ2) is 6.92. The molecule has 0 fully saturated rings. The SMILES string of the molecule is COc1cc(C=CC(=O)c2ccc(C#N)cc2)cc(Br)c1O. The molecule has 2 aromatic rings. The number of ether oxygens (including phenoxy) is 1. The fourth-order valence-corrected chi connectivity index (χ4v) is 2.28. The van der Waals surface area contributed by atoms with E-state index in [1.807, 2.05) is 6.07 Å². The van der Waals surface area contributed by atoms with Crippen LogP contribution >= 0.6 is 15.9 Å². The van der Waals surface area contributed by atoms with Gasteiger partial charge in [0.1, 0.15) is 0 Å². The molecule has 0 saturated carbocycles. The van der Waals surface area contributed by atoms with Gasteiger partial charge in [-0.1, -0.05) is 6.08 Å². The predicted molar refractivity (Wildman–Crippen MR) is 86.9 cm³/mol. The molecule has 0 spiro atoms. The predicted octanol–water partition coefficient (Wildman–Crippen LogP) is 3.93. The minimum atomic E-state index is -0.173. The van der Waals surface area contributed by atoms with Gasteiger partial charge in [-0.25, -0.2) is 0 Å². The summed E-state index contributed by atoms with van der Waals surface area (Å²) in [6.07, 6.45) is 3.06. The maximum Gasteiger partial charge on any atom is 0.185 e. The number of phenolic OH excluding ortho intramolecular Hbond substituents is 1. The first-order chi connectivity index (χ1) is 10.5. The molecule has 0 aliphatic heterocycles. The molecule has 0 atom stereocenters. The molecule has 2 rings (SSSR count). The summed E-state index contributed by atoms with van der Waals surface area (Å²) in [4.78, 5) is 12.1. The number of nitrogens with zero attached hydrogens (tertiary/aromatic N) is 1. The molecule has 5 heteroatoms. The van der Waals surface area contributed by atoms with Gasteiger partial charge in [0.15, 0.2) is 17.3 Å². The summed E-state index contributed by atoms with van der Waals surface area (Å²) >= 11 is 3.23. The van der Waals surface area contributed by atoms with Crippen molar-refractivity contribution < 1.29 is 14.6 Å². The molecule has 110 valence electrons. The van der Waals surface area contributed by atoms with E-state index in [0.717, 1.165) is 0 Å². The van der Waals surface area contributed by atoms with Crippen molar-refractivity contribution in [2.24, 2.45) is 0 Å². The van der Waals surface area contributed by atoms with Crippen molar-refractivity contribution in [2.45, 2.75) is 0 Å². The number of ketones is 1. The number of hydrogen-bond donors (Lipinski definition) is 1. The Morgan fingerprint density at radius 3 is 2.59 bits per heavy atom. The van der Waals surface area contributed by atoms with E-state index >= 15 is 0 Å². The number of methoxy groups -OCH3 is 1. The second-order valence-electron chi connectivity index (χ2n) is 4.44. The lowest BCUT2D eigenvalue weighted by Crippen LogP contribution is -1.94. The summed E-state index contributed by atoms with van der Waals surface area (Å²) in [5.74, 6) is 0.158. The van der Waals surface area contributed by atoms with Crippen LogP contribution < -0.4 is 4.74 Å². The van der Waals surface area contributed by atoms with E-state index in [2.05, 4.69) is 15.9 Å². The number of halogens is 1.